The molecule has 3 aromatic rings. The van der Waals surface area contributed by atoms with Crippen LogP contribution in [0.1, 0.15) is 18.7 Å². The first-order chi connectivity index (χ1) is 16.0. The molecule has 0 aliphatic carbocycles. The van der Waals surface area contributed by atoms with Gasteiger partial charge in [0.15, 0.2) is 5.13 Å². The lowest BCUT2D eigenvalue weighted by Crippen LogP contribution is -2.46. The van der Waals surface area contributed by atoms with Crippen molar-refractivity contribution >= 4 is 40.1 Å². The van der Waals surface area contributed by atoms with E-state index in [2.05, 4.69) is 35.9 Å². The van der Waals surface area contributed by atoms with E-state index in [1.54, 1.807) is 31.6 Å². The molecule has 0 aromatic carbocycles. The smallest absolute Gasteiger partial charge is 0.407 e. The third-order valence-electron chi connectivity index (χ3n) is 5.07. The number of nitrogens with zero attached hydrogens (tertiary/aromatic N) is 5. The summed E-state index contributed by atoms with van der Waals surface area (Å²) in [6.07, 6.45) is 5.47. The van der Waals surface area contributed by atoms with Crippen molar-refractivity contribution in [3.05, 3.63) is 42.6 Å². The van der Waals surface area contributed by atoms with Crippen molar-refractivity contribution in [2.75, 3.05) is 30.3 Å². The predicted octanol–water partition coefficient (Wildman–Crippen LogP) is 2.72. The zero-order chi connectivity index (χ0) is 23.2. The highest BCUT2D eigenvalue weighted by Gasteiger charge is 2.33. The molecule has 1 aliphatic heterocycles. The lowest BCUT2D eigenvalue weighted by Gasteiger charge is -2.20. The Balaban J connectivity index is 1.30. The quantitative estimate of drug-likeness (QED) is 0.367. The summed E-state index contributed by atoms with van der Waals surface area (Å²) < 4.78 is 0. The fourth-order valence-electron chi connectivity index (χ4n) is 3.58. The van der Waals surface area contributed by atoms with E-state index < -0.39 is 12.1 Å². The minimum atomic E-state index is -1.06. The summed E-state index contributed by atoms with van der Waals surface area (Å²) in [5.41, 5.74) is 1.04. The van der Waals surface area contributed by atoms with Gasteiger partial charge in [-0.15, -0.1) is 0 Å². The van der Waals surface area contributed by atoms with Gasteiger partial charge >= 0.3 is 6.09 Å². The number of carbonyl (C=O) groups excluding carboxylic acids is 1. The van der Waals surface area contributed by atoms with E-state index in [-0.39, 0.29) is 5.91 Å². The topological polar surface area (TPSA) is 145 Å². The van der Waals surface area contributed by atoms with Crippen LogP contribution in [0.4, 0.5) is 21.6 Å². The highest BCUT2D eigenvalue weighted by molar-refractivity contribution is 7.18. The second kappa shape index (κ2) is 10.2. The van der Waals surface area contributed by atoms with Crippen LogP contribution in [0.2, 0.25) is 0 Å². The summed E-state index contributed by atoms with van der Waals surface area (Å²) in [5, 5.41) is 19.0. The molecule has 1 aliphatic rings. The van der Waals surface area contributed by atoms with E-state index in [0.717, 1.165) is 10.4 Å². The molecular weight excluding hydrogens is 444 g/mol. The maximum absolute atomic E-state index is 12.3. The molecule has 2 amide bonds. The molecule has 0 unspecified atom stereocenters. The van der Waals surface area contributed by atoms with E-state index in [1.807, 2.05) is 12.1 Å². The van der Waals surface area contributed by atoms with Gasteiger partial charge in [0, 0.05) is 44.3 Å². The summed E-state index contributed by atoms with van der Waals surface area (Å²) in [6, 6.07) is 5.01. The van der Waals surface area contributed by atoms with E-state index in [0.29, 0.717) is 55.1 Å². The first kappa shape index (κ1) is 22.4. The Kier molecular flexibility index (Phi) is 6.93. The predicted molar refractivity (Wildman–Crippen MR) is 125 cm³/mol. The normalized spacial score (nSPS) is 15.3. The molecule has 0 radical (unpaired) electrons. The number of rotatable bonds is 8. The molecule has 3 aromatic heterocycles. The van der Waals surface area contributed by atoms with Crippen LogP contribution in [0.5, 0.6) is 0 Å². The van der Waals surface area contributed by atoms with Crippen LogP contribution in [0.15, 0.2) is 36.8 Å². The summed E-state index contributed by atoms with van der Waals surface area (Å²) in [7, 11) is 0. The van der Waals surface area contributed by atoms with Gasteiger partial charge in [-0.1, -0.05) is 11.3 Å². The standard InChI is InChI=1S/C21H24N8O3S/c1-13-26-17(23-8-9-24-19(30)15-3-2-10-29(15)21(31)32)11-18(27-13)28-20-25-12-16(33-20)14-4-6-22-7-5-14/h4-7,11-12,15H,2-3,8-10H2,1H3,(H,24,30)(H,31,32)(H2,23,25,26,27,28)/t15-/m0/s1. The van der Waals surface area contributed by atoms with Crippen molar-refractivity contribution in [3.8, 4) is 10.4 Å². The van der Waals surface area contributed by atoms with Gasteiger partial charge in [0.2, 0.25) is 5.91 Å². The van der Waals surface area contributed by atoms with Crippen LogP contribution in [-0.4, -0.2) is 67.6 Å². The van der Waals surface area contributed by atoms with E-state index in [9.17, 15) is 14.7 Å². The van der Waals surface area contributed by atoms with Crippen LogP contribution < -0.4 is 16.0 Å². The minimum absolute atomic E-state index is 0.272. The lowest BCUT2D eigenvalue weighted by atomic mass is 10.2. The molecular formula is C21H24N8O3S. The van der Waals surface area contributed by atoms with Crippen molar-refractivity contribution in [2.45, 2.75) is 25.8 Å². The molecule has 4 rings (SSSR count). The largest absolute Gasteiger partial charge is 0.465 e. The van der Waals surface area contributed by atoms with Gasteiger partial charge in [-0.2, -0.15) is 0 Å². The second-order valence-electron chi connectivity index (χ2n) is 7.43. The number of pyridine rings is 1. The number of anilines is 3. The number of carboxylic acid groups (broad SMARTS) is 1. The van der Waals surface area contributed by atoms with Crippen molar-refractivity contribution < 1.29 is 14.7 Å². The van der Waals surface area contributed by atoms with Gasteiger partial charge in [-0.3, -0.25) is 14.7 Å². The van der Waals surface area contributed by atoms with Crippen molar-refractivity contribution in [3.63, 3.8) is 0 Å². The summed E-state index contributed by atoms with van der Waals surface area (Å²) in [4.78, 5) is 42.9. The number of aromatic nitrogens is 4. The summed E-state index contributed by atoms with van der Waals surface area (Å²) in [5.74, 6) is 1.53. The molecule has 1 fully saturated rings. The molecule has 1 saturated heterocycles. The number of hydrogen-bond donors (Lipinski definition) is 4. The van der Waals surface area contributed by atoms with Crippen LogP contribution in [0.25, 0.3) is 10.4 Å². The maximum Gasteiger partial charge on any atom is 0.407 e. The maximum atomic E-state index is 12.3. The molecule has 4 heterocycles. The Morgan fingerprint density at radius 1 is 1.21 bits per heavy atom. The van der Waals surface area contributed by atoms with Crippen LogP contribution in [0, 0.1) is 6.92 Å². The van der Waals surface area contributed by atoms with Gasteiger partial charge in [0.25, 0.3) is 0 Å². The number of aryl methyl sites for hydroxylation is 1. The monoisotopic (exact) mass is 468 g/mol. The SMILES string of the molecule is Cc1nc(NCCNC(=O)[C@@H]2CCCN2C(=O)O)cc(Nc2ncc(-c3ccncc3)s2)n1. The molecule has 1 atom stereocenters. The number of thiazole rings is 1. The number of amides is 2. The van der Waals surface area contributed by atoms with Gasteiger partial charge in [0.1, 0.15) is 23.5 Å². The zero-order valence-corrected chi connectivity index (χ0v) is 18.8. The number of carbonyl (C=O) groups is 2. The summed E-state index contributed by atoms with van der Waals surface area (Å²) >= 11 is 1.51. The van der Waals surface area contributed by atoms with E-state index >= 15 is 0 Å². The van der Waals surface area contributed by atoms with Gasteiger partial charge < -0.3 is 21.1 Å². The second-order valence-corrected chi connectivity index (χ2v) is 8.46. The third-order valence-corrected chi connectivity index (χ3v) is 6.04. The van der Waals surface area contributed by atoms with Gasteiger partial charge in [0.05, 0.1) is 4.88 Å². The van der Waals surface area contributed by atoms with E-state index in [4.69, 9.17) is 0 Å². The summed E-state index contributed by atoms with van der Waals surface area (Å²) in [6.45, 7) is 2.97. The number of hydrogen-bond acceptors (Lipinski definition) is 9. The Hall–Kier alpha value is -3.80. The van der Waals surface area contributed by atoms with Gasteiger partial charge in [-0.05, 0) is 37.5 Å². The zero-order valence-electron chi connectivity index (χ0n) is 18.0. The fraction of sp³-hybridized carbons (Fsp3) is 0.333. The first-order valence-corrected chi connectivity index (χ1v) is 11.3. The average molecular weight is 469 g/mol. The Morgan fingerprint density at radius 3 is 2.79 bits per heavy atom. The van der Waals surface area contributed by atoms with Crippen molar-refractivity contribution in [2.24, 2.45) is 0 Å². The molecule has 0 spiro atoms. The lowest BCUT2D eigenvalue weighted by molar-refractivity contribution is -0.124. The Morgan fingerprint density at radius 2 is 2.00 bits per heavy atom. The number of nitrogens with one attached hydrogen (secondary N) is 3. The van der Waals surface area contributed by atoms with Gasteiger partial charge in [-0.25, -0.2) is 19.7 Å². The molecule has 172 valence electrons. The highest BCUT2D eigenvalue weighted by atomic mass is 32.1. The van der Waals surface area contributed by atoms with E-state index in [1.165, 1.54) is 16.2 Å². The highest BCUT2D eigenvalue weighted by Crippen LogP contribution is 2.30. The minimum Gasteiger partial charge on any atom is -0.465 e. The average Bonchev–Trinajstić information content (AvgIpc) is 3.47. The fourth-order valence-corrected chi connectivity index (χ4v) is 4.40. The molecule has 0 bridgehead atoms. The molecule has 11 nitrogen and oxygen atoms in total. The first-order valence-electron chi connectivity index (χ1n) is 10.5. The molecule has 33 heavy (non-hydrogen) atoms. The van der Waals surface area contributed by atoms with Crippen molar-refractivity contribution in [1.29, 1.82) is 0 Å². The van der Waals surface area contributed by atoms with Crippen LogP contribution in [-0.2, 0) is 4.79 Å². The third kappa shape index (κ3) is 5.71. The number of likely N-dealkylation sites (tertiary alicyclic amines) is 1. The molecule has 0 saturated carbocycles. The van der Waals surface area contributed by atoms with Crippen molar-refractivity contribution in [1.82, 2.24) is 30.2 Å². The van der Waals surface area contributed by atoms with Crippen LogP contribution >= 0.6 is 11.3 Å². The Bertz CT molecular complexity index is 1120. The van der Waals surface area contributed by atoms with Crippen LogP contribution in [0.3, 0.4) is 0 Å². The Labute approximate surface area is 194 Å². The molecule has 12 heteroatoms. The molecule has 4 N–H and O–H groups in total.